The molecule has 3 rings (SSSR count). The number of benzene rings is 2. The highest BCUT2D eigenvalue weighted by Gasteiger charge is 2.31. The van der Waals surface area contributed by atoms with Gasteiger partial charge in [-0.15, -0.1) is 0 Å². The van der Waals surface area contributed by atoms with E-state index in [2.05, 4.69) is 16.0 Å². The highest BCUT2D eigenvalue weighted by Crippen LogP contribution is 2.23. The van der Waals surface area contributed by atoms with Crippen LogP contribution in [-0.4, -0.2) is 51.8 Å². The zero-order chi connectivity index (χ0) is 27.0. The average Bonchev–Trinajstić information content (AvgIpc) is 2.84. The first-order chi connectivity index (χ1) is 17.5. The number of piperidine rings is 1. The van der Waals surface area contributed by atoms with Crippen LogP contribution in [-0.2, 0) is 14.4 Å². The number of carbonyl (C=O) groups is 4. The van der Waals surface area contributed by atoms with Crippen molar-refractivity contribution < 1.29 is 24.3 Å². The van der Waals surface area contributed by atoms with Gasteiger partial charge in [-0.2, -0.15) is 0 Å². The third-order valence-electron chi connectivity index (χ3n) is 6.61. The van der Waals surface area contributed by atoms with E-state index in [0.29, 0.717) is 24.3 Å². The van der Waals surface area contributed by atoms with Crippen molar-refractivity contribution in [2.24, 2.45) is 0 Å². The molecule has 1 aliphatic rings. The molecular formula is C28H36N4O5. The molecule has 0 aromatic heterocycles. The maximum atomic E-state index is 12.9. The lowest BCUT2D eigenvalue weighted by atomic mass is 9.93. The van der Waals surface area contributed by atoms with Crippen LogP contribution in [0.2, 0.25) is 0 Å². The molecule has 1 atom stereocenters. The van der Waals surface area contributed by atoms with Crippen molar-refractivity contribution in [3.8, 4) is 0 Å². The van der Waals surface area contributed by atoms with Crippen molar-refractivity contribution >= 4 is 40.8 Å². The Morgan fingerprint density at radius 1 is 0.946 bits per heavy atom. The lowest BCUT2D eigenvalue weighted by Crippen LogP contribution is -2.45. The maximum Gasteiger partial charge on any atom is 0.323 e. The number of aliphatic carboxylic acids is 1. The molecule has 1 saturated heterocycles. The van der Waals surface area contributed by atoms with Crippen LogP contribution in [0, 0.1) is 6.92 Å². The number of hydrogen-bond acceptors (Lipinski definition) is 5. The van der Waals surface area contributed by atoms with Crippen molar-refractivity contribution in [3.05, 3.63) is 54.1 Å². The Kier molecular flexibility index (Phi) is 9.27. The summed E-state index contributed by atoms with van der Waals surface area (Å²) in [7, 11) is 0. The first-order valence-electron chi connectivity index (χ1n) is 12.6. The summed E-state index contributed by atoms with van der Waals surface area (Å²) >= 11 is 0. The Labute approximate surface area is 217 Å². The number of para-hydroxylation sites is 1. The van der Waals surface area contributed by atoms with E-state index in [0.717, 1.165) is 24.1 Å². The number of carbonyl (C=O) groups excluding carboxylic acids is 3. The quantitative estimate of drug-likeness (QED) is 0.356. The first-order valence-corrected chi connectivity index (χ1v) is 12.6. The van der Waals surface area contributed by atoms with Gasteiger partial charge in [-0.1, -0.05) is 18.2 Å². The number of carboxylic acids is 1. The summed E-state index contributed by atoms with van der Waals surface area (Å²) in [6.45, 7) is 5.97. The molecule has 198 valence electrons. The van der Waals surface area contributed by atoms with Gasteiger partial charge in [0, 0.05) is 42.5 Å². The van der Waals surface area contributed by atoms with Crippen molar-refractivity contribution in [2.75, 3.05) is 22.5 Å². The molecule has 9 nitrogen and oxygen atoms in total. The first kappa shape index (κ1) is 27.7. The lowest BCUT2D eigenvalue weighted by molar-refractivity contribution is -0.142. The minimum absolute atomic E-state index is 0.0545. The largest absolute Gasteiger partial charge is 0.481 e. The minimum Gasteiger partial charge on any atom is -0.481 e. The molecule has 9 heteroatoms. The Balaban J connectivity index is 1.50. The second-order valence-electron chi connectivity index (χ2n) is 9.98. The summed E-state index contributed by atoms with van der Waals surface area (Å²) in [5.41, 5.74) is 2.08. The highest BCUT2D eigenvalue weighted by atomic mass is 16.4. The van der Waals surface area contributed by atoms with E-state index >= 15 is 0 Å². The Bertz CT molecular complexity index is 1130. The zero-order valence-electron chi connectivity index (χ0n) is 21.7. The van der Waals surface area contributed by atoms with Crippen LogP contribution in [0.1, 0.15) is 57.9 Å². The standard InChI is InChI=1S/C28H36N4O5/c1-19-8-4-5-10-23(19)30-27(37)29-20-11-13-21(14-12-20)31-28(2,3)24(33)15-16-25(34)32-17-7-6-9-22(32)18-26(35)36/h4-5,8,10-14,22,31H,6-7,9,15-18H2,1-3H3,(H,35,36)(H2,29,30,37). The molecule has 37 heavy (non-hydrogen) atoms. The van der Waals surface area contributed by atoms with E-state index in [9.17, 15) is 19.2 Å². The average molecular weight is 509 g/mol. The van der Waals surface area contributed by atoms with E-state index in [1.54, 1.807) is 43.0 Å². The summed E-state index contributed by atoms with van der Waals surface area (Å²) in [6.07, 6.45) is 2.49. The number of rotatable bonds is 10. The Hall–Kier alpha value is -3.88. The van der Waals surface area contributed by atoms with Crippen molar-refractivity contribution in [1.82, 2.24) is 4.90 Å². The number of anilines is 3. The molecule has 0 spiro atoms. The molecule has 1 unspecified atom stereocenters. The molecule has 1 fully saturated rings. The third kappa shape index (κ3) is 8.06. The van der Waals surface area contributed by atoms with Gasteiger partial charge in [-0.05, 0) is 75.9 Å². The number of carboxylic acid groups (broad SMARTS) is 1. The fourth-order valence-electron chi connectivity index (χ4n) is 4.48. The molecule has 2 aromatic rings. The molecule has 2 aromatic carbocycles. The van der Waals surface area contributed by atoms with Crippen LogP contribution in [0.25, 0.3) is 0 Å². The minimum atomic E-state index is -0.917. The van der Waals surface area contributed by atoms with Gasteiger partial charge in [0.25, 0.3) is 0 Å². The normalized spacial score (nSPS) is 15.5. The summed E-state index contributed by atoms with van der Waals surface area (Å²) in [5.74, 6) is -1.21. The van der Waals surface area contributed by atoms with E-state index < -0.39 is 11.5 Å². The Morgan fingerprint density at radius 3 is 2.30 bits per heavy atom. The van der Waals surface area contributed by atoms with Crippen LogP contribution >= 0.6 is 0 Å². The van der Waals surface area contributed by atoms with E-state index in [1.165, 1.54) is 0 Å². The predicted molar refractivity (Wildman–Crippen MR) is 144 cm³/mol. The van der Waals surface area contributed by atoms with Gasteiger partial charge in [0.1, 0.15) is 0 Å². The second kappa shape index (κ2) is 12.4. The summed E-state index contributed by atoms with van der Waals surface area (Å²) in [6, 6.07) is 13.9. The van der Waals surface area contributed by atoms with Gasteiger partial charge < -0.3 is 26.0 Å². The highest BCUT2D eigenvalue weighted by molar-refractivity contribution is 6.00. The van der Waals surface area contributed by atoms with Crippen molar-refractivity contribution in [3.63, 3.8) is 0 Å². The molecule has 0 aliphatic carbocycles. The number of ketones is 1. The molecule has 0 radical (unpaired) electrons. The fraction of sp³-hybridized carbons (Fsp3) is 0.429. The molecule has 0 bridgehead atoms. The van der Waals surface area contributed by atoms with Gasteiger partial charge >= 0.3 is 12.0 Å². The zero-order valence-corrected chi connectivity index (χ0v) is 21.7. The Morgan fingerprint density at radius 2 is 1.62 bits per heavy atom. The van der Waals surface area contributed by atoms with Crippen molar-refractivity contribution in [1.29, 1.82) is 0 Å². The third-order valence-corrected chi connectivity index (χ3v) is 6.61. The number of aryl methyl sites for hydroxylation is 1. The van der Waals surface area contributed by atoms with Gasteiger partial charge in [0.15, 0.2) is 5.78 Å². The van der Waals surface area contributed by atoms with Crippen LogP contribution < -0.4 is 16.0 Å². The number of nitrogens with zero attached hydrogens (tertiary/aromatic N) is 1. The number of amides is 3. The van der Waals surface area contributed by atoms with E-state index in [4.69, 9.17) is 5.11 Å². The lowest BCUT2D eigenvalue weighted by Gasteiger charge is -2.35. The number of nitrogens with one attached hydrogen (secondary N) is 3. The fourth-order valence-corrected chi connectivity index (χ4v) is 4.48. The van der Waals surface area contributed by atoms with E-state index in [-0.39, 0.29) is 43.0 Å². The number of likely N-dealkylation sites (tertiary alicyclic amines) is 1. The smallest absolute Gasteiger partial charge is 0.323 e. The molecular weight excluding hydrogens is 472 g/mol. The van der Waals surface area contributed by atoms with Crippen LogP contribution in [0.15, 0.2) is 48.5 Å². The topological polar surface area (TPSA) is 128 Å². The van der Waals surface area contributed by atoms with Gasteiger partial charge in [-0.3, -0.25) is 14.4 Å². The molecule has 3 amide bonds. The maximum absolute atomic E-state index is 12.9. The van der Waals surface area contributed by atoms with E-state index in [1.807, 2.05) is 31.2 Å². The summed E-state index contributed by atoms with van der Waals surface area (Å²) < 4.78 is 0. The van der Waals surface area contributed by atoms with Gasteiger partial charge in [0.2, 0.25) is 5.91 Å². The monoisotopic (exact) mass is 508 g/mol. The molecule has 1 heterocycles. The second-order valence-corrected chi connectivity index (χ2v) is 9.98. The number of urea groups is 1. The number of hydrogen-bond donors (Lipinski definition) is 4. The summed E-state index contributed by atoms with van der Waals surface area (Å²) in [4.78, 5) is 50.8. The SMILES string of the molecule is Cc1ccccc1NC(=O)Nc1ccc(NC(C)(C)C(=O)CCC(=O)N2CCCCC2CC(=O)O)cc1. The molecule has 1 aliphatic heterocycles. The van der Waals surface area contributed by atoms with Crippen LogP contribution in [0.5, 0.6) is 0 Å². The summed E-state index contributed by atoms with van der Waals surface area (Å²) in [5, 5.41) is 17.9. The van der Waals surface area contributed by atoms with Gasteiger partial charge in [0.05, 0.1) is 12.0 Å². The van der Waals surface area contributed by atoms with Crippen molar-refractivity contribution in [2.45, 2.75) is 70.9 Å². The predicted octanol–water partition coefficient (Wildman–Crippen LogP) is 5.03. The molecule has 4 N–H and O–H groups in total. The van der Waals surface area contributed by atoms with Crippen LogP contribution in [0.4, 0.5) is 21.9 Å². The van der Waals surface area contributed by atoms with Gasteiger partial charge in [-0.25, -0.2) is 4.79 Å². The number of Topliss-reactive ketones (excluding diaryl/α,β-unsaturated/α-hetero) is 1. The molecule has 0 saturated carbocycles. The van der Waals surface area contributed by atoms with Crippen LogP contribution in [0.3, 0.4) is 0 Å².